The third-order valence-electron chi connectivity index (χ3n) is 5.39. The number of aliphatic imine (C=N–C) groups is 1. The highest BCUT2D eigenvalue weighted by Crippen LogP contribution is 2.41. The lowest BCUT2D eigenvalue weighted by Crippen LogP contribution is -2.41. The summed E-state index contributed by atoms with van der Waals surface area (Å²) in [4.78, 5) is 4.96. The van der Waals surface area contributed by atoms with E-state index in [0.29, 0.717) is 6.79 Å². The smallest absolute Gasteiger partial charge is 0.231 e. The Morgan fingerprint density at radius 1 is 1.14 bits per heavy atom. The van der Waals surface area contributed by atoms with E-state index in [1.165, 1.54) is 17.7 Å². The number of benzene rings is 1. The molecule has 0 radical (unpaired) electrons. The summed E-state index contributed by atoms with van der Waals surface area (Å²) in [7, 11) is 0. The van der Waals surface area contributed by atoms with Crippen LogP contribution in [0.15, 0.2) is 23.2 Å². The van der Waals surface area contributed by atoms with Crippen molar-refractivity contribution in [3.63, 3.8) is 0 Å². The summed E-state index contributed by atoms with van der Waals surface area (Å²) in [6.45, 7) is 6.48. The minimum atomic E-state index is -0.0273. The molecule has 2 aliphatic heterocycles. The highest BCUT2D eigenvalue weighted by atomic mass is 32.2. The molecular formula is C21H33N3O3S. The summed E-state index contributed by atoms with van der Waals surface area (Å²) in [6.07, 6.45) is 6.47. The predicted molar refractivity (Wildman–Crippen MR) is 116 cm³/mol. The van der Waals surface area contributed by atoms with E-state index in [0.717, 1.165) is 69.6 Å². The normalized spacial score (nSPS) is 18.1. The average Bonchev–Trinajstić information content (AvgIpc) is 3.20. The van der Waals surface area contributed by atoms with Gasteiger partial charge in [-0.2, -0.15) is 11.8 Å². The molecule has 0 aromatic heterocycles. The predicted octanol–water partition coefficient (Wildman–Crippen LogP) is 3.16. The van der Waals surface area contributed by atoms with Gasteiger partial charge in [-0.15, -0.1) is 0 Å². The highest BCUT2D eigenvalue weighted by molar-refractivity contribution is 7.98. The lowest BCUT2D eigenvalue weighted by molar-refractivity contribution is 0.0530. The lowest BCUT2D eigenvalue weighted by Gasteiger charge is -2.36. The number of unbranched alkanes of at least 4 members (excludes halogenated alkanes) is 1. The van der Waals surface area contributed by atoms with Crippen LogP contribution in [0.2, 0.25) is 0 Å². The summed E-state index contributed by atoms with van der Waals surface area (Å²) in [6, 6.07) is 6.32. The first kappa shape index (κ1) is 21.1. The molecule has 2 aliphatic rings. The SMILES string of the molecule is CCNC(=NCC1(c2ccc3c(c2)OCO3)CCOCC1)NCCCCSC. The van der Waals surface area contributed by atoms with Gasteiger partial charge in [-0.05, 0) is 62.3 Å². The second-order valence-corrected chi connectivity index (χ2v) is 8.27. The van der Waals surface area contributed by atoms with Gasteiger partial charge in [0.15, 0.2) is 17.5 Å². The molecule has 7 heteroatoms. The van der Waals surface area contributed by atoms with Crippen molar-refractivity contribution in [3.8, 4) is 11.5 Å². The molecule has 1 aromatic carbocycles. The number of nitrogens with zero attached hydrogens (tertiary/aromatic N) is 1. The van der Waals surface area contributed by atoms with Crippen LogP contribution in [0.1, 0.15) is 38.2 Å². The Balaban J connectivity index is 1.70. The quantitative estimate of drug-likeness (QED) is 0.372. The maximum absolute atomic E-state index is 5.66. The van der Waals surface area contributed by atoms with Crippen molar-refractivity contribution in [2.75, 3.05) is 51.6 Å². The Morgan fingerprint density at radius 3 is 2.75 bits per heavy atom. The monoisotopic (exact) mass is 407 g/mol. The first-order chi connectivity index (χ1) is 13.8. The molecule has 0 amide bonds. The zero-order valence-corrected chi connectivity index (χ0v) is 17.9. The number of thioether (sulfide) groups is 1. The Hall–Kier alpha value is -1.60. The third-order valence-corrected chi connectivity index (χ3v) is 6.08. The first-order valence-corrected chi connectivity index (χ1v) is 11.7. The maximum atomic E-state index is 5.66. The standard InChI is InChI=1S/C21H33N3O3S/c1-3-22-20(23-10-4-5-13-28-2)24-15-21(8-11-25-12-9-21)17-6-7-18-19(14-17)27-16-26-18/h6-7,14H,3-5,8-13,15-16H2,1-2H3,(H2,22,23,24). The van der Waals surface area contributed by atoms with Gasteiger partial charge in [-0.25, -0.2) is 0 Å². The highest BCUT2D eigenvalue weighted by Gasteiger charge is 2.35. The first-order valence-electron chi connectivity index (χ1n) is 10.3. The van der Waals surface area contributed by atoms with Gasteiger partial charge in [-0.3, -0.25) is 4.99 Å². The lowest BCUT2D eigenvalue weighted by atomic mass is 9.74. The van der Waals surface area contributed by atoms with Crippen LogP contribution in [0.5, 0.6) is 11.5 Å². The minimum Gasteiger partial charge on any atom is -0.454 e. The van der Waals surface area contributed by atoms with E-state index in [4.69, 9.17) is 19.2 Å². The molecule has 3 rings (SSSR count). The Kier molecular flexibility index (Phi) is 8.15. The minimum absolute atomic E-state index is 0.0273. The average molecular weight is 408 g/mol. The van der Waals surface area contributed by atoms with Gasteiger partial charge >= 0.3 is 0 Å². The summed E-state index contributed by atoms with van der Waals surface area (Å²) < 4.78 is 16.7. The number of ether oxygens (including phenoxy) is 3. The van der Waals surface area contributed by atoms with Crippen molar-refractivity contribution in [3.05, 3.63) is 23.8 Å². The Bertz CT molecular complexity index is 648. The molecule has 156 valence electrons. The van der Waals surface area contributed by atoms with Crippen molar-refractivity contribution in [2.45, 2.75) is 38.0 Å². The second-order valence-electron chi connectivity index (χ2n) is 7.28. The van der Waals surface area contributed by atoms with Gasteiger partial charge in [0, 0.05) is 31.7 Å². The fourth-order valence-corrected chi connectivity index (χ4v) is 4.17. The molecule has 1 fully saturated rings. The Morgan fingerprint density at radius 2 is 1.96 bits per heavy atom. The van der Waals surface area contributed by atoms with Crippen molar-refractivity contribution >= 4 is 17.7 Å². The molecule has 1 saturated heterocycles. The van der Waals surface area contributed by atoms with Crippen LogP contribution in [-0.2, 0) is 10.2 Å². The fraction of sp³-hybridized carbons (Fsp3) is 0.667. The van der Waals surface area contributed by atoms with Gasteiger partial charge in [0.05, 0.1) is 6.54 Å². The summed E-state index contributed by atoms with van der Waals surface area (Å²) >= 11 is 1.90. The van der Waals surface area contributed by atoms with E-state index in [2.05, 4.69) is 35.9 Å². The molecule has 0 atom stereocenters. The molecule has 2 N–H and O–H groups in total. The zero-order chi connectivity index (χ0) is 19.7. The summed E-state index contributed by atoms with van der Waals surface area (Å²) in [5, 5.41) is 6.86. The van der Waals surface area contributed by atoms with Gasteiger partial charge in [0.2, 0.25) is 6.79 Å². The van der Waals surface area contributed by atoms with Crippen LogP contribution >= 0.6 is 11.8 Å². The van der Waals surface area contributed by atoms with Crippen molar-refractivity contribution in [1.29, 1.82) is 0 Å². The number of nitrogens with one attached hydrogen (secondary N) is 2. The van der Waals surface area contributed by atoms with Crippen LogP contribution in [0.25, 0.3) is 0 Å². The van der Waals surface area contributed by atoms with Gasteiger partial charge < -0.3 is 24.8 Å². The molecular weight excluding hydrogens is 374 g/mol. The van der Waals surface area contributed by atoms with E-state index >= 15 is 0 Å². The Labute approximate surface area is 172 Å². The van der Waals surface area contributed by atoms with Crippen LogP contribution in [0.4, 0.5) is 0 Å². The van der Waals surface area contributed by atoms with E-state index in [1.807, 2.05) is 17.8 Å². The largest absolute Gasteiger partial charge is 0.454 e. The van der Waals surface area contributed by atoms with Crippen LogP contribution < -0.4 is 20.1 Å². The van der Waals surface area contributed by atoms with Crippen LogP contribution in [0, 0.1) is 0 Å². The molecule has 0 bridgehead atoms. The van der Waals surface area contributed by atoms with Crippen molar-refractivity contribution in [1.82, 2.24) is 10.6 Å². The molecule has 1 aromatic rings. The van der Waals surface area contributed by atoms with E-state index in [-0.39, 0.29) is 5.41 Å². The number of hydrogen-bond donors (Lipinski definition) is 2. The molecule has 0 spiro atoms. The molecule has 0 aliphatic carbocycles. The van der Waals surface area contributed by atoms with E-state index in [1.54, 1.807) is 0 Å². The van der Waals surface area contributed by atoms with Crippen LogP contribution in [-0.4, -0.2) is 57.6 Å². The topological polar surface area (TPSA) is 64.1 Å². The van der Waals surface area contributed by atoms with E-state index in [9.17, 15) is 0 Å². The van der Waals surface area contributed by atoms with Crippen molar-refractivity contribution < 1.29 is 14.2 Å². The van der Waals surface area contributed by atoms with E-state index < -0.39 is 0 Å². The number of rotatable bonds is 9. The summed E-state index contributed by atoms with van der Waals surface area (Å²) in [5.74, 6) is 3.78. The molecule has 28 heavy (non-hydrogen) atoms. The molecule has 0 saturated carbocycles. The van der Waals surface area contributed by atoms with Gasteiger partial charge in [0.25, 0.3) is 0 Å². The van der Waals surface area contributed by atoms with Gasteiger partial charge in [-0.1, -0.05) is 6.07 Å². The van der Waals surface area contributed by atoms with Crippen LogP contribution in [0.3, 0.4) is 0 Å². The summed E-state index contributed by atoms with van der Waals surface area (Å²) in [5.41, 5.74) is 1.24. The maximum Gasteiger partial charge on any atom is 0.231 e. The third kappa shape index (κ3) is 5.47. The second kappa shape index (κ2) is 10.8. The fourth-order valence-electron chi connectivity index (χ4n) is 3.68. The molecule has 2 heterocycles. The molecule has 6 nitrogen and oxygen atoms in total. The molecule has 0 unspecified atom stereocenters. The number of hydrogen-bond acceptors (Lipinski definition) is 5. The number of fused-ring (bicyclic) bond motifs is 1. The van der Waals surface area contributed by atoms with Gasteiger partial charge in [0.1, 0.15) is 0 Å². The van der Waals surface area contributed by atoms with Crippen molar-refractivity contribution in [2.24, 2.45) is 4.99 Å². The number of guanidine groups is 1. The zero-order valence-electron chi connectivity index (χ0n) is 17.1.